The van der Waals surface area contributed by atoms with Crippen molar-refractivity contribution in [2.75, 3.05) is 7.11 Å². The Morgan fingerprint density at radius 3 is 2.74 bits per heavy atom. The van der Waals surface area contributed by atoms with E-state index in [4.69, 9.17) is 4.74 Å². The van der Waals surface area contributed by atoms with E-state index in [1.54, 1.807) is 7.11 Å². The fraction of sp³-hybridized carbons (Fsp3) is 0.308. The van der Waals surface area contributed by atoms with Gasteiger partial charge in [-0.25, -0.2) is 0 Å². The summed E-state index contributed by atoms with van der Waals surface area (Å²) in [5.41, 5.74) is 1.50. The van der Waals surface area contributed by atoms with E-state index in [0.29, 0.717) is 16.6 Å². The van der Waals surface area contributed by atoms with Gasteiger partial charge in [0, 0.05) is 11.6 Å². The van der Waals surface area contributed by atoms with Crippen molar-refractivity contribution in [1.82, 2.24) is 14.9 Å². The number of methoxy groups -OCH3 is 1. The lowest BCUT2D eigenvalue weighted by Crippen LogP contribution is -2.24. The Morgan fingerprint density at radius 1 is 1.37 bits per heavy atom. The third-order valence-corrected chi connectivity index (χ3v) is 3.69. The summed E-state index contributed by atoms with van der Waals surface area (Å²) in [6, 6.07) is 7.78. The largest absolute Gasteiger partial charge is 0.497 e. The Kier molecular flexibility index (Phi) is 3.16. The SMILES string of the molecule is COc1ccc(-c2nnsc2C(=O)NC2CC2)cc1. The third-order valence-electron chi connectivity index (χ3n) is 2.97. The van der Waals surface area contributed by atoms with Gasteiger partial charge in [-0.15, -0.1) is 5.10 Å². The minimum absolute atomic E-state index is 0.0803. The molecule has 6 heteroatoms. The Bertz CT molecular complexity index is 590. The summed E-state index contributed by atoms with van der Waals surface area (Å²) < 4.78 is 9.00. The Morgan fingerprint density at radius 2 is 2.11 bits per heavy atom. The lowest BCUT2D eigenvalue weighted by atomic mass is 10.1. The van der Waals surface area contributed by atoms with Crippen LogP contribution in [0.5, 0.6) is 5.75 Å². The summed E-state index contributed by atoms with van der Waals surface area (Å²) in [7, 11) is 1.62. The lowest BCUT2D eigenvalue weighted by Gasteiger charge is -2.04. The number of nitrogens with zero attached hydrogens (tertiary/aromatic N) is 2. The first-order valence-corrected chi connectivity index (χ1v) is 6.83. The molecule has 0 radical (unpaired) electrons. The molecule has 1 amide bonds. The lowest BCUT2D eigenvalue weighted by molar-refractivity contribution is 0.0955. The average molecular weight is 275 g/mol. The number of amides is 1. The van der Waals surface area contributed by atoms with Crippen molar-refractivity contribution in [3.63, 3.8) is 0 Å². The molecule has 1 saturated carbocycles. The Balaban J connectivity index is 1.87. The molecule has 1 aromatic heterocycles. The highest BCUT2D eigenvalue weighted by Gasteiger charge is 2.26. The summed E-state index contributed by atoms with van der Waals surface area (Å²) in [4.78, 5) is 12.6. The van der Waals surface area contributed by atoms with Crippen LogP contribution in [0.4, 0.5) is 0 Å². The van der Waals surface area contributed by atoms with Crippen LogP contribution in [0.15, 0.2) is 24.3 Å². The van der Waals surface area contributed by atoms with E-state index in [1.165, 1.54) is 0 Å². The molecule has 2 aromatic rings. The first-order valence-electron chi connectivity index (χ1n) is 6.05. The fourth-order valence-electron chi connectivity index (χ4n) is 1.76. The van der Waals surface area contributed by atoms with Crippen LogP contribution in [-0.4, -0.2) is 28.6 Å². The monoisotopic (exact) mass is 275 g/mol. The smallest absolute Gasteiger partial charge is 0.265 e. The van der Waals surface area contributed by atoms with E-state index in [-0.39, 0.29) is 5.91 Å². The molecule has 5 nitrogen and oxygen atoms in total. The minimum atomic E-state index is -0.0803. The minimum Gasteiger partial charge on any atom is -0.497 e. The highest BCUT2D eigenvalue weighted by atomic mass is 32.1. The number of carbonyl (C=O) groups excluding carboxylic acids is 1. The maximum Gasteiger partial charge on any atom is 0.265 e. The quantitative estimate of drug-likeness (QED) is 0.928. The van der Waals surface area contributed by atoms with Gasteiger partial charge in [0.05, 0.1) is 7.11 Å². The molecular formula is C13H13N3O2S. The molecule has 1 N–H and O–H groups in total. The number of benzene rings is 1. The normalized spacial score (nSPS) is 14.2. The van der Waals surface area contributed by atoms with Crippen molar-refractivity contribution >= 4 is 17.4 Å². The molecule has 0 bridgehead atoms. The predicted octanol–water partition coefficient (Wildman–Crippen LogP) is 2.11. The Hall–Kier alpha value is -1.95. The molecular weight excluding hydrogens is 262 g/mol. The number of carbonyl (C=O) groups is 1. The number of nitrogens with one attached hydrogen (secondary N) is 1. The second kappa shape index (κ2) is 4.97. The van der Waals surface area contributed by atoms with Gasteiger partial charge >= 0.3 is 0 Å². The van der Waals surface area contributed by atoms with Crippen molar-refractivity contribution in [2.24, 2.45) is 0 Å². The van der Waals surface area contributed by atoms with Crippen LogP contribution in [0, 0.1) is 0 Å². The summed E-state index contributed by atoms with van der Waals surface area (Å²) in [6.45, 7) is 0. The fourth-order valence-corrected chi connectivity index (χ4v) is 2.35. The standard InChI is InChI=1S/C13H13N3O2S/c1-18-10-6-2-8(3-7-10)11-12(19-16-15-11)13(17)14-9-4-5-9/h2-3,6-7,9H,4-5H2,1H3,(H,14,17). The number of ether oxygens (including phenoxy) is 1. The topological polar surface area (TPSA) is 64.1 Å². The molecule has 1 aliphatic rings. The molecule has 1 fully saturated rings. The van der Waals surface area contributed by atoms with Crippen LogP contribution in [0.25, 0.3) is 11.3 Å². The molecule has 19 heavy (non-hydrogen) atoms. The zero-order chi connectivity index (χ0) is 13.2. The van der Waals surface area contributed by atoms with Crippen molar-refractivity contribution in [1.29, 1.82) is 0 Å². The van der Waals surface area contributed by atoms with Crippen LogP contribution in [0.3, 0.4) is 0 Å². The van der Waals surface area contributed by atoms with Crippen LogP contribution < -0.4 is 10.1 Å². The summed E-state index contributed by atoms with van der Waals surface area (Å²) in [5.74, 6) is 0.694. The van der Waals surface area contributed by atoms with Gasteiger partial charge in [0.15, 0.2) is 0 Å². The first-order chi connectivity index (χ1) is 9.28. The average Bonchev–Trinajstić information content (AvgIpc) is 3.11. The summed E-state index contributed by atoms with van der Waals surface area (Å²) >= 11 is 1.13. The van der Waals surface area contributed by atoms with Gasteiger partial charge in [-0.05, 0) is 48.6 Å². The van der Waals surface area contributed by atoms with Crippen LogP contribution >= 0.6 is 11.5 Å². The van der Waals surface area contributed by atoms with Crippen molar-refractivity contribution in [3.05, 3.63) is 29.1 Å². The highest BCUT2D eigenvalue weighted by molar-refractivity contribution is 7.08. The van der Waals surface area contributed by atoms with Crippen LogP contribution in [0.1, 0.15) is 22.5 Å². The van der Waals surface area contributed by atoms with E-state index >= 15 is 0 Å². The molecule has 1 aromatic carbocycles. The number of hydrogen-bond acceptors (Lipinski definition) is 5. The van der Waals surface area contributed by atoms with Crippen molar-refractivity contribution in [3.8, 4) is 17.0 Å². The summed E-state index contributed by atoms with van der Waals surface area (Å²) in [5, 5.41) is 7.01. The van der Waals surface area contributed by atoms with E-state index in [1.807, 2.05) is 24.3 Å². The molecule has 0 spiro atoms. The maximum absolute atomic E-state index is 12.1. The van der Waals surface area contributed by atoms with Crippen molar-refractivity contribution < 1.29 is 9.53 Å². The zero-order valence-corrected chi connectivity index (χ0v) is 11.2. The predicted molar refractivity (Wildman–Crippen MR) is 72.4 cm³/mol. The molecule has 0 atom stereocenters. The van der Waals surface area contributed by atoms with Crippen LogP contribution in [0.2, 0.25) is 0 Å². The van der Waals surface area contributed by atoms with E-state index in [2.05, 4.69) is 14.9 Å². The molecule has 0 unspecified atom stereocenters. The second-order valence-corrected chi connectivity index (χ2v) is 5.18. The van der Waals surface area contributed by atoms with Gasteiger partial charge in [-0.3, -0.25) is 4.79 Å². The van der Waals surface area contributed by atoms with Gasteiger partial charge < -0.3 is 10.1 Å². The second-order valence-electron chi connectivity index (χ2n) is 4.43. The molecule has 0 aliphatic heterocycles. The molecule has 3 rings (SSSR count). The molecule has 98 valence electrons. The Labute approximate surface area is 114 Å². The molecule has 0 saturated heterocycles. The van der Waals surface area contributed by atoms with Gasteiger partial charge in [0.1, 0.15) is 16.3 Å². The van der Waals surface area contributed by atoms with Gasteiger partial charge in [-0.2, -0.15) is 0 Å². The number of aromatic nitrogens is 2. The van der Waals surface area contributed by atoms with Gasteiger partial charge in [0.2, 0.25) is 0 Å². The summed E-state index contributed by atoms with van der Waals surface area (Å²) in [6.07, 6.45) is 2.13. The van der Waals surface area contributed by atoms with Gasteiger partial charge in [-0.1, -0.05) is 4.49 Å². The van der Waals surface area contributed by atoms with E-state index in [0.717, 1.165) is 35.7 Å². The molecule has 1 heterocycles. The maximum atomic E-state index is 12.1. The highest BCUT2D eigenvalue weighted by Crippen LogP contribution is 2.27. The van der Waals surface area contributed by atoms with E-state index < -0.39 is 0 Å². The zero-order valence-electron chi connectivity index (χ0n) is 10.4. The van der Waals surface area contributed by atoms with Crippen LogP contribution in [-0.2, 0) is 0 Å². The van der Waals surface area contributed by atoms with Gasteiger partial charge in [0.25, 0.3) is 5.91 Å². The number of rotatable bonds is 4. The van der Waals surface area contributed by atoms with E-state index in [9.17, 15) is 4.79 Å². The van der Waals surface area contributed by atoms with Crippen molar-refractivity contribution in [2.45, 2.75) is 18.9 Å². The third kappa shape index (κ3) is 2.58. The first kappa shape index (κ1) is 12.1. The number of hydrogen-bond donors (Lipinski definition) is 1. The molecule has 1 aliphatic carbocycles.